The van der Waals surface area contributed by atoms with E-state index in [1.54, 1.807) is 23.1 Å². The van der Waals surface area contributed by atoms with Gasteiger partial charge in [-0.15, -0.1) is 0 Å². The van der Waals surface area contributed by atoms with Crippen molar-refractivity contribution in [3.8, 4) is 0 Å². The van der Waals surface area contributed by atoms with E-state index in [2.05, 4.69) is 0 Å². The number of quaternary nitrogens is 1. The smallest absolute Gasteiger partial charge is 0.410 e. The summed E-state index contributed by atoms with van der Waals surface area (Å²) in [4.78, 5) is 26.2. The summed E-state index contributed by atoms with van der Waals surface area (Å²) in [5.74, 6) is -1.18. The van der Waals surface area contributed by atoms with Gasteiger partial charge in [0.25, 0.3) is 0 Å². The minimum absolute atomic E-state index is 0.303. The number of nitrogens with one attached hydrogen (secondary N) is 1. The lowest BCUT2D eigenvalue weighted by Crippen LogP contribution is -3.16. The van der Waals surface area contributed by atoms with Crippen molar-refractivity contribution in [3.05, 3.63) is 33.8 Å². The Labute approximate surface area is 157 Å². The predicted octanol–water partition coefficient (Wildman–Crippen LogP) is 0.920. The van der Waals surface area contributed by atoms with Crippen molar-refractivity contribution in [2.75, 3.05) is 26.2 Å². The Balaban J connectivity index is 2.07. The lowest BCUT2D eigenvalue weighted by Gasteiger charge is -2.37. The van der Waals surface area contributed by atoms with Crippen molar-refractivity contribution in [2.45, 2.75) is 32.4 Å². The number of rotatable bonds is 3. The molecule has 0 aromatic heterocycles. The second-order valence-corrected chi connectivity index (χ2v) is 7.87. The number of aliphatic carboxylic acids is 1. The van der Waals surface area contributed by atoms with Crippen LogP contribution in [0.5, 0.6) is 0 Å². The summed E-state index contributed by atoms with van der Waals surface area (Å²) >= 11 is 11.9. The molecule has 1 aromatic carbocycles. The number of hydrogen-bond acceptors (Lipinski definition) is 4. The van der Waals surface area contributed by atoms with Gasteiger partial charge in [-0.05, 0) is 32.9 Å². The molecule has 1 aliphatic heterocycles. The minimum atomic E-state index is -1.18. The zero-order valence-corrected chi connectivity index (χ0v) is 16.0. The van der Waals surface area contributed by atoms with Crippen LogP contribution in [0.15, 0.2) is 18.2 Å². The van der Waals surface area contributed by atoms with Gasteiger partial charge in [-0.2, -0.15) is 0 Å². The molecule has 0 saturated carbocycles. The highest BCUT2D eigenvalue weighted by molar-refractivity contribution is 6.42. The van der Waals surface area contributed by atoms with Gasteiger partial charge < -0.3 is 19.5 Å². The third-order valence-electron chi connectivity index (χ3n) is 3.98. The molecule has 1 aliphatic rings. The van der Waals surface area contributed by atoms with Crippen LogP contribution in [0.2, 0.25) is 10.0 Å². The van der Waals surface area contributed by atoms with E-state index < -0.39 is 17.6 Å². The van der Waals surface area contributed by atoms with E-state index >= 15 is 0 Å². The molecule has 0 spiro atoms. The van der Waals surface area contributed by atoms with Gasteiger partial charge in [0.15, 0.2) is 6.04 Å². The normalized spacial score (nSPS) is 17.2. The van der Waals surface area contributed by atoms with Crippen LogP contribution in [0.4, 0.5) is 4.79 Å². The predicted molar refractivity (Wildman–Crippen MR) is 92.7 cm³/mol. The summed E-state index contributed by atoms with van der Waals surface area (Å²) in [6, 6.07) is 3.90. The summed E-state index contributed by atoms with van der Waals surface area (Å²) < 4.78 is 5.35. The van der Waals surface area contributed by atoms with Gasteiger partial charge in [-0.3, -0.25) is 4.90 Å². The first kappa shape index (κ1) is 19.8. The van der Waals surface area contributed by atoms with Gasteiger partial charge in [0.2, 0.25) is 0 Å². The van der Waals surface area contributed by atoms with Crippen LogP contribution in [0, 0.1) is 0 Å². The van der Waals surface area contributed by atoms with E-state index in [9.17, 15) is 14.7 Å². The molecule has 0 bridgehead atoms. The molecule has 1 amide bonds. The van der Waals surface area contributed by atoms with Crippen LogP contribution >= 0.6 is 23.2 Å². The molecule has 25 heavy (non-hydrogen) atoms. The number of carboxylic acid groups (broad SMARTS) is 1. The third kappa shape index (κ3) is 5.23. The fourth-order valence-electron chi connectivity index (χ4n) is 2.82. The maximum absolute atomic E-state index is 12.1. The van der Waals surface area contributed by atoms with Gasteiger partial charge in [0, 0.05) is 5.56 Å². The maximum Gasteiger partial charge on any atom is 0.410 e. The Hall–Kier alpha value is -1.50. The van der Waals surface area contributed by atoms with E-state index in [-0.39, 0.29) is 6.09 Å². The molecule has 1 N–H and O–H groups in total. The number of nitrogens with zero attached hydrogens (tertiary/aromatic N) is 1. The fraction of sp³-hybridized carbons (Fsp3) is 0.529. The molecule has 1 heterocycles. The molecule has 0 unspecified atom stereocenters. The topological polar surface area (TPSA) is 74.1 Å². The highest BCUT2D eigenvalue weighted by Crippen LogP contribution is 2.25. The number of halogens is 2. The average molecular weight is 389 g/mol. The van der Waals surface area contributed by atoms with Crippen LogP contribution in [-0.4, -0.2) is 48.7 Å². The van der Waals surface area contributed by atoms with Gasteiger partial charge >= 0.3 is 6.09 Å². The Bertz CT molecular complexity index is 653. The van der Waals surface area contributed by atoms with E-state index in [0.717, 1.165) is 4.90 Å². The van der Waals surface area contributed by atoms with Crippen molar-refractivity contribution in [1.29, 1.82) is 0 Å². The van der Waals surface area contributed by atoms with Crippen LogP contribution < -0.4 is 10.0 Å². The molecule has 1 fully saturated rings. The quantitative estimate of drug-likeness (QED) is 0.835. The lowest BCUT2D eigenvalue weighted by molar-refractivity contribution is -0.928. The highest BCUT2D eigenvalue weighted by atomic mass is 35.5. The van der Waals surface area contributed by atoms with E-state index in [1.807, 2.05) is 20.8 Å². The maximum atomic E-state index is 12.1. The molecule has 2 rings (SSSR count). The Morgan fingerprint density at radius 1 is 1.20 bits per heavy atom. The van der Waals surface area contributed by atoms with Gasteiger partial charge in [-0.1, -0.05) is 29.3 Å². The highest BCUT2D eigenvalue weighted by Gasteiger charge is 2.33. The Morgan fingerprint density at radius 3 is 2.28 bits per heavy atom. The lowest BCUT2D eigenvalue weighted by atomic mass is 10.0. The monoisotopic (exact) mass is 388 g/mol. The summed E-state index contributed by atoms with van der Waals surface area (Å²) in [6.07, 6.45) is -0.383. The van der Waals surface area contributed by atoms with E-state index in [1.165, 1.54) is 0 Å². The van der Waals surface area contributed by atoms with Crippen molar-refractivity contribution in [3.63, 3.8) is 0 Å². The number of carboxylic acids is 1. The molecule has 0 radical (unpaired) electrons. The molecule has 6 nitrogen and oxygen atoms in total. The van der Waals surface area contributed by atoms with Crippen molar-refractivity contribution in [2.24, 2.45) is 0 Å². The number of hydrogen-bond donors (Lipinski definition) is 1. The summed E-state index contributed by atoms with van der Waals surface area (Å²) in [6.45, 7) is 7.19. The molecule has 1 aromatic rings. The van der Waals surface area contributed by atoms with Crippen LogP contribution in [0.3, 0.4) is 0 Å². The standard InChI is InChI=1S/C17H22Cl2N2O4/c1-17(2,3)25-16(24)21-8-6-20(7-9-21)14(15(22)23)11-4-5-12(18)13(19)10-11/h4-5,10,14H,6-9H2,1-3H3,(H,22,23)/t14-/m0/s1. The fourth-order valence-corrected chi connectivity index (χ4v) is 3.13. The zero-order valence-electron chi connectivity index (χ0n) is 14.5. The van der Waals surface area contributed by atoms with Gasteiger partial charge in [0.1, 0.15) is 11.6 Å². The number of carbonyl (C=O) groups excluding carboxylic acids is 2. The molecule has 1 saturated heterocycles. The number of ether oxygens (including phenoxy) is 1. The third-order valence-corrected chi connectivity index (χ3v) is 4.72. The second-order valence-electron chi connectivity index (χ2n) is 7.05. The zero-order chi connectivity index (χ0) is 18.8. The number of amides is 1. The van der Waals surface area contributed by atoms with Gasteiger partial charge in [0.05, 0.1) is 36.2 Å². The number of carbonyl (C=O) groups is 2. The first-order valence-electron chi connectivity index (χ1n) is 8.07. The van der Waals surface area contributed by atoms with Gasteiger partial charge in [-0.25, -0.2) is 4.79 Å². The average Bonchev–Trinajstić information content (AvgIpc) is 2.49. The Kier molecular flexibility index (Phi) is 6.19. The molecule has 0 aliphatic carbocycles. The van der Waals surface area contributed by atoms with Crippen LogP contribution in [0.1, 0.15) is 32.4 Å². The van der Waals surface area contributed by atoms with Crippen molar-refractivity contribution in [1.82, 2.24) is 4.90 Å². The summed E-state index contributed by atoms with van der Waals surface area (Å²) in [5, 5.41) is 12.4. The first-order chi connectivity index (χ1) is 11.6. The molecular weight excluding hydrogens is 367 g/mol. The number of benzene rings is 1. The number of piperazine rings is 1. The SMILES string of the molecule is CC(C)(C)OC(=O)N1CC[NH+]([C@H](C(=O)[O-])c2ccc(Cl)c(Cl)c2)CC1. The summed E-state index contributed by atoms with van der Waals surface area (Å²) in [5.41, 5.74) is -0.0237. The molecule has 1 atom stereocenters. The van der Waals surface area contributed by atoms with Crippen molar-refractivity contribution >= 4 is 35.3 Å². The van der Waals surface area contributed by atoms with Crippen LogP contribution in [-0.2, 0) is 9.53 Å². The van der Waals surface area contributed by atoms with Crippen molar-refractivity contribution < 1.29 is 24.3 Å². The largest absolute Gasteiger partial charge is 0.544 e. The Morgan fingerprint density at radius 2 is 1.80 bits per heavy atom. The second kappa shape index (κ2) is 7.81. The molecule has 8 heteroatoms. The minimum Gasteiger partial charge on any atom is -0.544 e. The summed E-state index contributed by atoms with van der Waals surface area (Å²) in [7, 11) is 0. The first-order valence-corrected chi connectivity index (χ1v) is 8.82. The van der Waals surface area contributed by atoms with E-state index in [4.69, 9.17) is 27.9 Å². The van der Waals surface area contributed by atoms with Crippen LogP contribution in [0.25, 0.3) is 0 Å². The van der Waals surface area contributed by atoms with E-state index in [0.29, 0.717) is 41.8 Å². The molecule has 138 valence electrons. The molecular formula is C17H22Cl2N2O4.